The first-order chi connectivity index (χ1) is 27.9. The minimum absolute atomic E-state index is 0.0376. The van der Waals surface area contributed by atoms with Gasteiger partial charge in [0.2, 0.25) is 5.91 Å². The van der Waals surface area contributed by atoms with Gasteiger partial charge in [0.05, 0.1) is 37.4 Å². The standard InChI is InChI=1S/C39H70N8O14/c1-36(2,3)59-33(52)43-15-14-23(48)30(51)44-22-16-21(46-34(53)60-37(4,5)6)24(27-20(45-32(41)42)13-12-19(17-40)57-27)25(49)28(22)58-31-26(50)29(39(10,55)18-56-31)47(11)35(54)61-38(7,8)9/h12,20-29,31,48-50,55H,13-18,40H2,1-11H3,(H,43,52)(H,44,51)(H,46,53)(H4,41,42,45)/t20-,21+,22-,23+,24-,25+,26-,27?,28+,29-,31-,39+/m1/s1. The van der Waals surface area contributed by atoms with Crippen LogP contribution in [0, 0.1) is 11.3 Å². The molecule has 22 nitrogen and oxygen atoms in total. The van der Waals surface area contributed by atoms with Gasteiger partial charge in [0, 0.05) is 25.6 Å². The van der Waals surface area contributed by atoms with Gasteiger partial charge in [-0.3, -0.25) is 10.2 Å². The van der Waals surface area contributed by atoms with Crippen LogP contribution in [0.25, 0.3) is 0 Å². The van der Waals surface area contributed by atoms with E-state index in [9.17, 15) is 39.6 Å². The molecule has 0 aromatic heterocycles. The summed E-state index contributed by atoms with van der Waals surface area (Å²) in [5, 5.41) is 65.4. The van der Waals surface area contributed by atoms with Gasteiger partial charge in [0.1, 0.15) is 52.6 Å². The third-order valence-electron chi connectivity index (χ3n) is 9.89. The second-order valence-corrected chi connectivity index (χ2v) is 18.9. The Labute approximate surface area is 357 Å². The zero-order chi connectivity index (χ0) is 46.4. The molecular weight excluding hydrogens is 804 g/mol. The van der Waals surface area contributed by atoms with E-state index < -0.39 is 126 Å². The third-order valence-corrected chi connectivity index (χ3v) is 9.89. The second kappa shape index (κ2) is 20.3. The minimum atomic E-state index is -1.83. The molecule has 0 spiro atoms. The van der Waals surface area contributed by atoms with E-state index in [2.05, 4.69) is 21.3 Å². The van der Waals surface area contributed by atoms with E-state index in [1.54, 1.807) is 68.4 Å². The molecule has 4 amide bonds. The Balaban J connectivity index is 2.07. The molecule has 2 heterocycles. The number of likely N-dealkylation sites (N-methyl/N-ethyl adjacent to an activating group) is 1. The number of carbonyl (C=O) groups is 4. The first kappa shape index (κ1) is 51.2. The summed E-state index contributed by atoms with van der Waals surface area (Å²) >= 11 is 0. The molecule has 1 aliphatic carbocycles. The number of nitrogens with two attached hydrogens (primary N) is 2. The lowest BCUT2D eigenvalue weighted by atomic mass is 9.72. The van der Waals surface area contributed by atoms with Crippen LogP contribution in [0.4, 0.5) is 14.4 Å². The van der Waals surface area contributed by atoms with Crippen LogP contribution in [0.15, 0.2) is 11.8 Å². The summed E-state index contributed by atoms with van der Waals surface area (Å²) in [6.45, 7) is 15.6. The highest BCUT2D eigenvalue weighted by molar-refractivity contribution is 5.81. The van der Waals surface area contributed by atoms with Gasteiger partial charge in [-0.2, -0.15) is 0 Å². The maximum atomic E-state index is 13.7. The number of amides is 4. The summed E-state index contributed by atoms with van der Waals surface area (Å²) in [6, 6.07) is -4.49. The van der Waals surface area contributed by atoms with E-state index in [1.165, 1.54) is 14.0 Å². The Morgan fingerprint density at radius 3 is 2.08 bits per heavy atom. The zero-order valence-electron chi connectivity index (χ0n) is 37.1. The summed E-state index contributed by atoms with van der Waals surface area (Å²) in [6.07, 6.45) is -10.5. The molecule has 13 N–H and O–H groups in total. The molecule has 3 aliphatic rings. The number of alkyl carbamates (subject to hydrolysis) is 2. The first-order valence-electron chi connectivity index (χ1n) is 20.4. The highest BCUT2D eigenvalue weighted by Crippen LogP contribution is 2.38. The van der Waals surface area contributed by atoms with E-state index in [0.29, 0.717) is 5.76 Å². The number of hydrogen-bond donors (Lipinski definition) is 11. The average Bonchev–Trinajstić information content (AvgIpc) is 3.08. The molecule has 22 heteroatoms. The number of guanidine groups is 1. The number of ether oxygens (including phenoxy) is 6. The number of rotatable bonds is 12. The van der Waals surface area contributed by atoms with Gasteiger partial charge in [-0.05, 0) is 94.6 Å². The molecule has 61 heavy (non-hydrogen) atoms. The maximum absolute atomic E-state index is 13.7. The lowest BCUT2D eigenvalue weighted by Gasteiger charge is -2.52. The summed E-state index contributed by atoms with van der Waals surface area (Å²) in [5.74, 6) is -2.17. The first-order valence-corrected chi connectivity index (χ1v) is 20.4. The number of aliphatic hydroxyl groups is 4. The molecule has 0 bridgehead atoms. The second-order valence-electron chi connectivity index (χ2n) is 18.9. The van der Waals surface area contributed by atoms with Crippen molar-refractivity contribution < 1.29 is 68.0 Å². The van der Waals surface area contributed by atoms with Crippen LogP contribution in [0.1, 0.15) is 88.5 Å². The smallest absolute Gasteiger partial charge is 0.410 e. The molecule has 0 radical (unpaired) electrons. The van der Waals surface area contributed by atoms with Crippen molar-refractivity contribution in [3.05, 3.63) is 11.8 Å². The predicted molar refractivity (Wildman–Crippen MR) is 219 cm³/mol. The Bertz CT molecular complexity index is 1580. The predicted octanol–water partition coefficient (Wildman–Crippen LogP) is -0.407. The molecule has 1 saturated carbocycles. The number of nitrogens with one attached hydrogen (secondary N) is 5. The van der Waals surface area contributed by atoms with Crippen LogP contribution in [-0.4, -0.2) is 166 Å². The normalized spacial score (nSPS) is 31.2. The van der Waals surface area contributed by atoms with Crippen molar-refractivity contribution >= 4 is 30.1 Å². The molecular formula is C39H70N8O14. The Hall–Kier alpha value is -4.19. The average molecular weight is 875 g/mol. The monoisotopic (exact) mass is 875 g/mol. The fraction of sp³-hybridized carbons (Fsp3) is 0.821. The highest BCUT2D eigenvalue weighted by Gasteiger charge is 2.56. The largest absolute Gasteiger partial charge is 0.491 e. The van der Waals surface area contributed by atoms with Gasteiger partial charge < -0.3 is 86.5 Å². The van der Waals surface area contributed by atoms with Gasteiger partial charge in [0.15, 0.2) is 12.2 Å². The summed E-state index contributed by atoms with van der Waals surface area (Å²) in [5.41, 5.74) is 7.23. The van der Waals surface area contributed by atoms with Crippen LogP contribution < -0.4 is 32.7 Å². The summed E-state index contributed by atoms with van der Waals surface area (Å²) in [4.78, 5) is 53.5. The van der Waals surface area contributed by atoms with Crippen LogP contribution in [0.2, 0.25) is 0 Å². The molecule has 0 aromatic carbocycles. The van der Waals surface area contributed by atoms with Crippen molar-refractivity contribution in [3.63, 3.8) is 0 Å². The van der Waals surface area contributed by atoms with Gasteiger partial charge >= 0.3 is 18.3 Å². The summed E-state index contributed by atoms with van der Waals surface area (Å²) in [7, 11) is 1.32. The van der Waals surface area contributed by atoms with Crippen molar-refractivity contribution in [1.82, 2.24) is 26.2 Å². The van der Waals surface area contributed by atoms with Crippen molar-refractivity contribution in [2.45, 2.75) is 172 Å². The number of nitrogens with zero attached hydrogens (tertiary/aromatic N) is 1. The molecule has 2 aliphatic heterocycles. The van der Waals surface area contributed by atoms with Crippen LogP contribution in [0.3, 0.4) is 0 Å². The van der Waals surface area contributed by atoms with E-state index in [-0.39, 0.29) is 32.4 Å². The maximum Gasteiger partial charge on any atom is 0.410 e. The van der Waals surface area contributed by atoms with E-state index in [4.69, 9.17) is 45.3 Å². The topological polar surface area (TPSA) is 332 Å². The van der Waals surface area contributed by atoms with Crippen molar-refractivity contribution in [2.75, 3.05) is 26.7 Å². The van der Waals surface area contributed by atoms with Crippen LogP contribution >= 0.6 is 0 Å². The fourth-order valence-electron chi connectivity index (χ4n) is 7.49. The molecule has 12 atom stereocenters. The van der Waals surface area contributed by atoms with Crippen LogP contribution in [0.5, 0.6) is 0 Å². The van der Waals surface area contributed by atoms with Gasteiger partial charge in [-0.1, -0.05) is 0 Å². The molecule has 3 rings (SSSR count). The quantitative estimate of drug-likeness (QED) is 0.0675. The number of hydrogen-bond acceptors (Lipinski definition) is 16. The van der Waals surface area contributed by atoms with Gasteiger partial charge in [-0.25, -0.2) is 14.4 Å². The number of carbonyl (C=O) groups excluding carboxylic acids is 4. The van der Waals surface area contributed by atoms with E-state index in [1.807, 2.05) is 0 Å². The van der Waals surface area contributed by atoms with Gasteiger partial charge in [0.25, 0.3) is 0 Å². The molecule has 350 valence electrons. The molecule has 2 fully saturated rings. The summed E-state index contributed by atoms with van der Waals surface area (Å²) < 4.78 is 34.8. The lowest BCUT2D eigenvalue weighted by Crippen LogP contribution is -2.71. The van der Waals surface area contributed by atoms with Crippen molar-refractivity contribution in [3.8, 4) is 0 Å². The lowest BCUT2D eigenvalue weighted by molar-refractivity contribution is -0.305. The highest BCUT2D eigenvalue weighted by atomic mass is 16.7. The molecule has 1 unspecified atom stereocenters. The molecule has 1 saturated heterocycles. The van der Waals surface area contributed by atoms with Crippen LogP contribution in [-0.2, 0) is 33.2 Å². The Morgan fingerprint density at radius 1 is 0.934 bits per heavy atom. The minimum Gasteiger partial charge on any atom is -0.491 e. The number of aliphatic hydroxyl groups excluding tert-OH is 3. The zero-order valence-corrected chi connectivity index (χ0v) is 37.1. The van der Waals surface area contributed by atoms with Crippen molar-refractivity contribution in [1.29, 1.82) is 5.41 Å². The third kappa shape index (κ3) is 15.0. The fourth-order valence-corrected chi connectivity index (χ4v) is 7.49. The van der Waals surface area contributed by atoms with E-state index in [0.717, 1.165) is 4.90 Å². The Morgan fingerprint density at radius 2 is 1.52 bits per heavy atom. The van der Waals surface area contributed by atoms with Gasteiger partial charge in [-0.15, -0.1) is 0 Å². The van der Waals surface area contributed by atoms with Crippen molar-refractivity contribution in [2.24, 2.45) is 17.4 Å². The molecule has 0 aromatic rings. The van der Waals surface area contributed by atoms with E-state index >= 15 is 0 Å². The SMILES string of the molecule is CN(C(=O)OC(C)(C)C)[C@@H]1[C@@H](O)[C@@H](O[C@@H]2[C@@H](O)[C@H](C3OC(CN)=CC[C@H]3NC(=N)N)[C@@H](NC(=O)OC(C)(C)C)C[C@H]2NC(=O)[C@@H](O)CCNC(=O)OC(C)(C)C)OC[C@]1(C)O. The Kier molecular flexibility index (Phi) is 17.1.